The van der Waals surface area contributed by atoms with Gasteiger partial charge >= 0.3 is 0 Å². The molecule has 640 valence electrons. The molecule has 20 aromatic rings. The van der Waals surface area contributed by atoms with Crippen LogP contribution in [0.5, 0.6) is 0 Å². The topological polar surface area (TPSA) is 83.5 Å². The number of aryl methyl sites for hydroxylation is 16. The summed E-state index contributed by atoms with van der Waals surface area (Å²) in [4.78, 5) is 0. The Bertz CT molecular complexity index is 7600. The number of hydrogen-bond donors (Lipinski definition) is 0. The van der Waals surface area contributed by atoms with Crippen LogP contribution in [0.4, 0.5) is 0 Å². The van der Waals surface area contributed by atoms with Crippen LogP contribution < -0.4 is 22.8 Å². The Hall–Kier alpha value is -13.9. The van der Waals surface area contributed by atoms with Crippen LogP contribution >= 0.6 is 0 Å². The van der Waals surface area contributed by atoms with Gasteiger partial charge in [-0.2, -0.15) is 9.13 Å². The molecule has 8 aromatic heterocycles. The van der Waals surface area contributed by atoms with E-state index >= 15 is 0 Å². The fourth-order valence-electron chi connectivity index (χ4n) is 18.8. The number of rotatable bonds is 12. The molecule has 0 spiro atoms. The van der Waals surface area contributed by atoms with Gasteiger partial charge in [0.15, 0.2) is 28.5 Å². The predicted molar refractivity (Wildman–Crippen MR) is 523 cm³/mol. The lowest BCUT2D eigenvalue weighted by Crippen LogP contribution is -2.35. The highest BCUT2D eigenvalue weighted by Crippen LogP contribution is 2.43. The minimum Gasteiger partial charge on any atom is -0.455 e. The van der Waals surface area contributed by atoms with Crippen molar-refractivity contribution in [2.45, 2.75) is 136 Å². The molecule has 0 aliphatic rings. The van der Waals surface area contributed by atoms with E-state index in [1.807, 2.05) is 80.2 Å². The molecule has 20 rings (SSSR count). The minimum absolute atomic E-state index is 0.431. The first-order valence-electron chi connectivity index (χ1n) is 45.7. The molecule has 127 heavy (non-hydrogen) atoms. The monoisotopic (exact) mass is 1680 g/mol. The Labute approximate surface area is 752 Å². The summed E-state index contributed by atoms with van der Waals surface area (Å²) in [6.07, 6.45) is 16.4. The van der Waals surface area contributed by atoms with E-state index in [4.69, 9.17) is 17.4 Å². The number of nitrogens with zero attached hydrogens (tertiary/aromatic N) is 10. The molecule has 0 atom stereocenters. The van der Waals surface area contributed by atoms with Crippen molar-refractivity contribution >= 4 is 65.8 Å². The molecule has 0 bridgehead atoms. The first-order valence-corrected chi connectivity index (χ1v) is 44.2. The van der Waals surface area contributed by atoms with Crippen molar-refractivity contribution in [1.82, 2.24) is 22.8 Å². The average Bonchev–Trinajstić information content (AvgIpc) is 1.62. The van der Waals surface area contributed by atoms with E-state index in [0.717, 1.165) is 61.1 Å². The fraction of sp³-hybridized carbons (Fsp3) is 0.237. The third kappa shape index (κ3) is 16.8. The zero-order valence-corrected chi connectivity index (χ0v) is 78.0. The third-order valence-corrected chi connectivity index (χ3v) is 25.0. The Morgan fingerprint density at radius 3 is 1.00 bits per heavy atom. The summed E-state index contributed by atoms with van der Waals surface area (Å²) in [7, 11) is 12.4. The van der Waals surface area contributed by atoms with E-state index in [-0.39, 0.29) is 0 Å². The van der Waals surface area contributed by atoms with Crippen LogP contribution in [-0.2, 0) is 49.3 Å². The summed E-state index contributed by atoms with van der Waals surface area (Å²) in [6, 6.07) is 81.9. The summed E-state index contributed by atoms with van der Waals surface area (Å²) < 4.78 is 62.5. The van der Waals surface area contributed by atoms with E-state index in [1.165, 1.54) is 172 Å². The van der Waals surface area contributed by atoms with Gasteiger partial charge < -0.3 is 13.3 Å². The smallest absolute Gasteiger partial charge is 0.294 e. The Morgan fingerprint density at radius 1 is 0.307 bits per heavy atom. The van der Waals surface area contributed by atoms with E-state index in [2.05, 4.69) is 389 Å². The quantitative estimate of drug-likeness (QED) is 0.114. The first-order chi connectivity index (χ1) is 62.1. The molecule has 0 amide bonds. The second kappa shape index (κ2) is 35.6. The molecular formula is C114H121N10O3+5. The maximum Gasteiger partial charge on any atom is 0.294 e. The van der Waals surface area contributed by atoms with Crippen LogP contribution in [0.2, 0.25) is 0 Å². The van der Waals surface area contributed by atoms with Crippen LogP contribution in [-0.4, -0.2) is 22.8 Å². The Morgan fingerprint density at radius 2 is 0.646 bits per heavy atom. The van der Waals surface area contributed by atoms with Crippen LogP contribution in [0.25, 0.3) is 156 Å². The highest BCUT2D eigenvalue weighted by atomic mass is 16.3. The molecular weight excluding hydrogens is 1560 g/mol. The van der Waals surface area contributed by atoms with E-state index in [0.29, 0.717) is 17.9 Å². The van der Waals surface area contributed by atoms with Gasteiger partial charge in [0.05, 0.1) is 87.2 Å². The molecule has 0 saturated carbocycles. The number of hydrogen-bond acceptors (Lipinski definition) is 3. The molecule has 0 fully saturated rings. The number of para-hydroxylation sites is 5. The summed E-state index contributed by atoms with van der Waals surface area (Å²) in [5.41, 5.74) is 38.5. The lowest BCUT2D eigenvalue weighted by molar-refractivity contribution is -0.715. The van der Waals surface area contributed by atoms with E-state index < -0.39 is 6.98 Å². The van der Waals surface area contributed by atoms with Crippen molar-refractivity contribution in [3.8, 4) is 90.4 Å². The number of imidazole rings is 5. The first kappa shape index (κ1) is 82.7. The summed E-state index contributed by atoms with van der Waals surface area (Å²) in [5.74, 6) is 3.28. The zero-order chi connectivity index (χ0) is 92.3. The molecule has 0 aliphatic carbocycles. The van der Waals surface area contributed by atoms with Crippen molar-refractivity contribution in [2.24, 2.45) is 49.3 Å². The van der Waals surface area contributed by atoms with Gasteiger partial charge in [0.25, 0.3) is 11.6 Å². The Kier molecular flexibility index (Phi) is 23.2. The molecule has 8 heterocycles. The van der Waals surface area contributed by atoms with Crippen molar-refractivity contribution in [1.29, 1.82) is 0 Å². The number of aromatic nitrogens is 10. The maximum atomic E-state index is 7.61. The zero-order valence-electron chi connectivity index (χ0n) is 81.0. The highest BCUT2D eigenvalue weighted by molar-refractivity contribution is 6.12. The molecule has 0 unspecified atom stereocenters. The predicted octanol–water partition coefficient (Wildman–Crippen LogP) is 26.2. The minimum atomic E-state index is -2.20. The van der Waals surface area contributed by atoms with Gasteiger partial charge in [-0.3, -0.25) is 0 Å². The number of fused-ring (bicyclic) bond motifs is 9. The number of furan rings is 3. The summed E-state index contributed by atoms with van der Waals surface area (Å²) in [6.45, 7) is 35.2. The molecule has 13 heteroatoms. The second-order valence-electron chi connectivity index (χ2n) is 35.8. The van der Waals surface area contributed by atoms with E-state index in [9.17, 15) is 0 Å². The molecule has 0 aliphatic heterocycles. The Balaban J connectivity index is 0.000000120. The fourth-order valence-corrected chi connectivity index (χ4v) is 18.8. The maximum absolute atomic E-state index is 7.61. The lowest BCUT2D eigenvalue weighted by Gasteiger charge is -2.18. The van der Waals surface area contributed by atoms with Crippen molar-refractivity contribution in [2.75, 3.05) is 0 Å². The molecule has 13 nitrogen and oxygen atoms in total. The second-order valence-corrected chi connectivity index (χ2v) is 35.8. The highest BCUT2D eigenvalue weighted by Gasteiger charge is 2.33. The molecule has 0 N–H and O–H groups in total. The standard InChI is InChI=1S/C31H37N2.C27H29N2.C20H21N2O.2C18H17N2O/c1-20(2)26-14-11-15-27(21(3)4)30(26)33-19-29(28-13-10-9-12-24(28)7)32(8)31(33)25-17-22(5)16-23(6)18-25;1-18-14-19(2)16-23(15-18)27-28(6)25(24-13-8-7-10-20(24)3)17-29(27)26-21(4)11-9-12-22(26)5;1-13(2)22-11-17(21(4)12-22)19-14(3)9-10-16-15-7-5-6-8-18(15)23-20(16)19;2*1-12-8-9-14-13-6-4-5-7-16(13)21-18(14)17(12)15-10-19(2)11-20(15)3/h9-21H,1-8H3;7-17H,1-6H3;5-13H,1-4H3;2*4-11H,1-3H3/q5*+1/i;;;2D3;. The molecule has 0 saturated heterocycles. The van der Waals surface area contributed by atoms with Crippen molar-refractivity contribution in [3.63, 3.8) is 0 Å². The average molecular weight is 1680 g/mol. The third-order valence-electron chi connectivity index (χ3n) is 25.0. The van der Waals surface area contributed by atoms with Gasteiger partial charge in [-0.05, 0) is 206 Å². The normalized spacial score (nSPS) is 12.0. The van der Waals surface area contributed by atoms with Crippen LogP contribution in [0.1, 0.15) is 136 Å². The van der Waals surface area contributed by atoms with Gasteiger partial charge in [0, 0.05) is 54.6 Å². The van der Waals surface area contributed by atoms with Gasteiger partial charge in [0.2, 0.25) is 19.0 Å². The van der Waals surface area contributed by atoms with Gasteiger partial charge in [-0.25, -0.2) is 36.5 Å². The summed E-state index contributed by atoms with van der Waals surface area (Å²) >= 11 is 0. The van der Waals surface area contributed by atoms with Gasteiger partial charge in [0.1, 0.15) is 75.9 Å². The lowest BCUT2D eigenvalue weighted by atomic mass is 9.92. The van der Waals surface area contributed by atoms with Crippen LogP contribution in [0.15, 0.2) is 294 Å². The van der Waals surface area contributed by atoms with Gasteiger partial charge in [-0.15, -0.1) is 0 Å². The van der Waals surface area contributed by atoms with Gasteiger partial charge in [-0.1, -0.05) is 216 Å². The van der Waals surface area contributed by atoms with Crippen molar-refractivity contribution in [3.05, 3.63) is 353 Å². The molecule has 0 radical (unpaired) electrons. The van der Waals surface area contributed by atoms with Crippen LogP contribution in [0.3, 0.4) is 0 Å². The number of benzene rings is 12. The SMILES string of the molecule is Cc1cc(C)cc(-c2n(C)c(-c3ccccc3C)c[n+]2-c2c(C(C)C)cccc2C(C)C)c1.Cc1cc(C)cc(-c2n(C)c(-c3ccccc3C)c[n+]2-c2c(C)cccc2C)c1.Cc1ccc2c(oc3ccccc32)c1-c1c[n+](C(C)C)cn1C.Cc1ccc2c(oc3ccccc32)c1-c1c[n+](C)cn1C.[2H]C([2H])([2H])[n+]1cc(-c2c(C)ccc3c2oc2ccccc23)n(C)c1. The van der Waals surface area contributed by atoms with Crippen molar-refractivity contribution < 1.29 is 40.2 Å². The largest absolute Gasteiger partial charge is 0.455 e. The van der Waals surface area contributed by atoms with E-state index in [1.54, 1.807) is 12.5 Å². The molecule has 12 aromatic carbocycles. The van der Waals surface area contributed by atoms with Crippen LogP contribution in [0, 0.1) is 76.2 Å². The summed E-state index contributed by atoms with van der Waals surface area (Å²) in [5, 5.41) is 6.80.